The third-order valence-electron chi connectivity index (χ3n) is 4.68. The second-order valence-electron chi connectivity index (χ2n) is 6.71. The summed E-state index contributed by atoms with van der Waals surface area (Å²) >= 11 is 0. The standard InChI is InChI=1S/C21H22N6O/c1-16-17(14-26(24-16)18-9-3-2-4-10-18)8-7-13-22-21(28)15-27-20-12-6-5-11-19(20)23-25-27/h2-6,9-12,14H,7-8,13,15H2,1H3,(H,22,28). The van der Waals surface area contributed by atoms with Crippen molar-refractivity contribution in [1.82, 2.24) is 30.1 Å². The molecule has 0 saturated carbocycles. The Morgan fingerprint density at radius 3 is 2.71 bits per heavy atom. The quantitative estimate of drug-likeness (QED) is 0.505. The highest BCUT2D eigenvalue weighted by Crippen LogP contribution is 2.13. The number of rotatable bonds is 7. The van der Waals surface area contributed by atoms with E-state index in [9.17, 15) is 4.79 Å². The van der Waals surface area contributed by atoms with Crippen LogP contribution >= 0.6 is 0 Å². The van der Waals surface area contributed by atoms with Crippen molar-refractivity contribution in [2.24, 2.45) is 0 Å². The molecular formula is C21H22N6O. The van der Waals surface area contributed by atoms with Crippen molar-refractivity contribution in [1.29, 1.82) is 0 Å². The molecule has 2 aromatic carbocycles. The Morgan fingerprint density at radius 1 is 1.07 bits per heavy atom. The first-order chi connectivity index (χ1) is 13.7. The van der Waals surface area contributed by atoms with E-state index in [4.69, 9.17) is 0 Å². The maximum atomic E-state index is 12.2. The molecular weight excluding hydrogens is 352 g/mol. The second-order valence-corrected chi connectivity index (χ2v) is 6.71. The Kier molecular flexibility index (Phi) is 5.14. The number of hydrogen-bond donors (Lipinski definition) is 1. The largest absolute Gasteiger partial charge is 0.354 e. The normalized spacial score (nSPS) is 11.0. The topological polar surface area (TPSA) is 77.6 Å². The van der Waals surface area contributed by atoms with Crippen molar-refractivity contribution < 1.29 is 4.79 Å². The molecule has 1 amide bonds. The van der Waals surface area contributed by atoms with Gasteiger partial charge >= 0.3 is 0 Å². The summed E-state index contributed by atoms with van der Waals surface area (Å²) in [6, 6.07) is 17.7. The zero-order valence-electron chi connectivity index (χ0n) is 15.7. The summed E-state index contributed by atoms with van der Waals surface area (Å²) in [5, 5.41) is 15.7. The Morgan fingerprint density at radius 2 is 1.86 bits per heavy atom. The summed E-state index contributed by atoms with van der Waals surface area (Å²) < 4.78 is 3.53. The molecule has 0 saturated heterocycles. The minimum atomic E-state index is -0.0626. The van der Waals surface area contributed by atoms with E-state index in [-0.39, 0.29) is 12.5 Å². The van der Waals surface area contributed by atoms with E-state index in [1.807, 2.05) is 66.2 Å². The van der Waals surface area contributed by atoms with Gasteiger partial charge in [-0.25, -0.2) is 9.36 Å². The Hall–Kier alpha value is -3.48. The number of benzene rings is 2. The highest BCUT2D eigenvalue weighted by molar-refractivity contribution is 5.79. The van der Waals surface area contributed by atoms with Crippen LogP contribution in [0, 0.1) is 6.92 Å². The van der Waals surface area contributed by atoms with Gasteiger partial charge < -0.3 is 5.32 Å². The van der Waals surface area contributed by atoms with Crippen LogP contribution < -0.4 is 5.32 Å². The number of carbonyl (C=O) groups is 1. The lowest BCUT2D eigenvalue weighted by Gasteiger charge is -2.05. The molecule has 142 valence electrons. The average Bonchev–Trinajstić information content (AvgIpc) is 3.30. The number of carbonyl (C=O) groups excluding carboxylic acids is 1. The van der Waals surface area contributed by atoms with Crippen molar-refractivity contribution >= 4 is 16.9 Å². The first-order valence-corrected chi connectivity index (χ1v) is 9.36. The molecule has 28 heavy (non-hydrogen) atoms. The van der Waals surface area contributed by atoms with E-state index in [1.165, 1.54) is 5.56 Å². The Bertz CT molecular complexity index is 1080. The van der Waals surface area contributed by atoms with Crippen LogP contribution in [0.4, 0.5) is 0 Å². The van der Waals surface area contributed by atoms with Crippen LogP contribution in [0.2, 0.25) is 0 Å². The van der Waals surface area contributed by atoms with E-state index in [2.05, 4.69) is 26.9 Å². The van der Waals surface area contributed by atoms with Crippen molar-refractivity contribution in [3.63, 3.8) is 0 Å². The van der Waals surface area contributed by atoms with Crippen molar-refractivity contribution in [3.8, 4) is 5.69 Å². The Labute approximate surface area is 163 Å². The molecule has 0 spiro atoms. The third-order valence-corrected chi connectivity index (χ3v) is 4.68. The summed E-state index contributed by atoms with van der Waals surface area (Å²) in [4.78, 5) is 12.2. The van der Waals surface area contributed by atoms with Crippen molar-refractivity contribution in [2.75, 3.05) is 6.54 Å². The molecule has 0 bridgehead atoms. The molecule has 0 fully saturated rings. The summed E-state index contributed by atoms with van der Waals surface area (Å²) in [5.41, 5.74) is 4.91. The van der Waals surface area contributed by atoms with Crippen LogP contribution in [0.3, 0.4) is 0 Å². The van der Waals surface area contributed by atoms with E-state index < -0.39 is 0 Å². The summed E-state index contributed by atoms with van der Waals surface area (Å²) in [6.07, 6.45) is 3.78. The fraction of sp³-hybridized carbons (Fsp3) is 0.238. The first-order valence-electron chi connectivity index (χ1n) is 9.36. The van der Waals surface area contributed by atoms with Crippen molar-refractivity contribution in [2.45, 2.75) is 26.3 Å². The molecule has 4 rings (SSSR count). The lowest BCUT2D eigenvalue weighted by molar-refractivity contribution is -0.121. The molecule has 0 aliphatic heterocycles. The van der Waals surface area contributed by atoms with E-state index in [0.717, 1.165) is 35.3 Å². The van der Waals surface area contributed by atoms with Crippen LogP contribution in [-0.4, -0.2) is 37.2 Å². The molecule has 0 aliphatic carbocycles. The predicted molar refractivity (Wildman–Crippen MR) is 107 cm³/mol. The molecule has 2 aromatic heterocycles. The highest BCUT2D eigenvalue weighted by Gasteiger charge is 2.09. The lowest BCUT2D eigenvalue weighted by Crippen LogP contribution is -2.29. The SMILES string of the molecule is Cc1nn(-c2ccccc2)cc1CCCNC(=O)Cn1nnc2ccccc21. The lowest BCUT2D eigenvalue weighted by atomic mass is 10.1. The highest BCUT2D eigenvalue weighted by atomic mass is 16.2. The van der Waals surface area contributed by atoms with Crippen molar-refractivity contribution in [3.05, 3.63) is 72.1 Å². The van der Waals surface area contributed by atoms with Gasteiger partial charge in [-0.1, -0.05) is 35.5 Å². The number of hydrogen-bond acceptors (Lipinski definition) is 4. The average molecular weight is 374 g/mol. The molecule has 0 atom stereocenters. The minimum Gasteiger partial charge on any atom is -0.354 e. The molecule has 0 radical (unpaired) electrons. The summed E-state index contributed by atoms with van der Waals surface area (Å²) in [7, 11) is 0. The molecule has 7 heteroatoms. The molecule has 2 heterocycles. The van der Waals surface area contributed by atoms with Crippen LogP contribution in [0.25, 0.3) is 16.7 Å². The van der Waals surface area contributed by atoms with Gasteiger partial charge in [0.25, 0.3) is 0 Å². The number of fused-ring (bicyclic) bond motifs is 1. The second kappa shape index (κ2) is 8.04. The van der Waals surface area contributed by atoms with Gasteiger partial charge in [0.05, 0.1) is 16.9 Å². The monoisotopic (exact) mass is 374 g/mol. The first kappa shape index (κ1) is 17.9. The molecule has 7 nitrogen and oxygen atoms in total. The molecule has 0 unspecified atom stereocenters. The van der Waals surface area contributed by atoms with E-state index in [1.54, 1.807) is 4.68 Å². The number of aryl methyl sites for hydroxylation is 2. The van der Waals surface area contributed by atoms with Gasteiger partial charge in [0, 0.05) is 12.7 Å². The summed E-state index contributed by atoms with van der Waals surface area (Å²) in [6.45, 7) is 2.80. The van der Waals surface area contributed by atoms with E-state index >= 15 is 0 Å². The van der Waals surface area contributed by atoms with Crippen LogP contribution in [0.5, 0.6) is 0 Å². The van der Waals surface area contributed by atoms with Crippen LogP contribution in [0.15, 0.2) is 60.8 Å². The van der Waals surface area contributed by atoms with Gasteiger partial charge in [0.15, 0.2) is 0 Å². The van der Waals surface area contributed by atoms with Gasteiger partial charge in [-0.05, 0) is 49.6 Å². The number of aromatic nitrogens is 5. The van der Waals surface area contributed by atoms with Gasteiger partial charge in [0.1, 0.15) is 12.1 Å². The zero-order valence-corrected chi connectivity index (χ0v) is 15.7. The summed E-state index contributed by atoms with van der Waals surface area (Å²) in [5.74, 6) is -0.0626. The minimum absolute atomic E-state index is 0.0626. The molecule has 0 aliphatic rings. The molecule has 1 N–H and O–H groups in total. The van der Waals surface area contributed by atoms with E-state index in [0.29, 0.717) is 6.54 Å². The van der Waals surface area contributed by atoms with Crippen LogP contribution in [0.1, 0.15) is 17.7 Å². The number of para-hydroxylation sites is 2. The maximum Gasteiger partial charge on any atom is 0.241 e. The fourth-order valence-corrected chi connectivity index (χ4v) is 3.19. The number of nitrogens with one attached hydrogen (secondary N) is 1. The maximum absolute atomic E-state index is 12.2. The van der Waals surface area contributed by atoms with Crippen LogP contribution in [-0.2, 0) is 17.8 Å². The third kappa shape index (κ3) is 3.93. The van der Waals surface area contributed by atoms with Gasteiger partial charge in [-0.3, -0.25) is 4.79 Å². The van der Waals surface area contributed by atoms with Gasteiger partial charge in [-0.2, -0.15) is 5.10 Å². The smallest absolute Gasteiger partial charge is 0.241 e. The zero-order chi connectivity index (χ0) is 19.3. The number of nitrogens with zero attached hydrogens (tertiary/aromatic N) is 5. The van der Waals surface area contributed by atoms with Gasteiger partial charge in [0.2, 0.25) is 5.91 Å². The number of amides is 1. The van der Waals surface area contributed by atoms with Gasteiger partial charge in [-0.15, -0.1) is 5.10 Å². The fourth-order valence-electron chi connectivity index (χ4n) is 3.19. The predicted octanol–water partition coefficient (Wildman–Crippen LogP) is 2.67. The molecule has 4 aromatic rings. The Balaban J connectivity index is 1.28.